The molecule has 0 fully saturated rings. The van der Waals surface area contributed by atoms with Crippen LogP contribution in [0.4, 0.5) is 5.69 Å². The van der Waals surface area contributed by atoms with E-state index in [1.807, 2.05) is 36.4 Å². The van der Waals surface area contributed by atoms with Crippen molar-refractivity contribution in [2.45, 2.75) is 6.42 Å². The van der Waals surface area contributed by atoms with Gasteiger partial charge in [-0.1, -0.05) is 30.3 Å². The van der Waals surface area contributed by atoms with Gasteiger partial charge in [0.25, 0.3) is 11.8 Å². The number of para-hydroxylation sites is 3. The van der Waals surface area contributed by atoms with Crippen LogP contribution in [0.3, 0.4) is 0 Å². The zero-order valence-corrected chi connectivity index (χ0v) is 15.8. The fourth-order valence-corrected chi connectivity index (χ4v) is 2.75. The van der Waals surface area contributed by atoms with Crippen LogP contribution in [0.15, 0.2) is 54.6 Å². The molecule has 1 aliphatic heterocycles. The second-order valence-corrected chi connectivity index (χ2v) is 6.22. The van der Waals surface area contributed by atoms with Gasteiger partial charge in [0.05, 0.1) is 18.7 Å². The van der Waals surface area contributed by atoms with Crippen LogP contribution in [0.1, 0.15) is 6.42 Å². The van der Waals surface area contributed by atoms with E-state index in [1.54, 1.807) is 18.2 Å². The van der Waals surface area contributed by atoms with E-state index in [0.717, 1.165) is 0 Å². The Labute approximate surface area is 168 Å². The lowest BCUT2D eigenvalue weighted by atomic mass is 10.2. The van der Waals surface area contributed by atoms with Crippen molar-refractivity contribution in [3.8, 4) is 11.5 Å². The Morgan fingerprint density at radius 3 is 2.66 bits per heavy atom. The second kappa shape index (κ2) is 10.1. The predicted molar refractivity (Wildman–Crippen MR) is 105 cm³/mol. The van der Waals surface area contributed by atoms with Crippen molar-refractivity contribution < 1.29 is 28.6 Å². The number of anilines is 1. The summed E-state index contributed by atoms with van der Waals surface area (Å²) in [4.78, 5) is 37.2. The summed E-state index contributed by atoms with van der Waals surface area (Å²) in [6.45, 7) is 0.314. The molecule has 0 atom stereocenters. The average Bonchev–Trinajstić information content (AvgIpc) is 2.75. The van der Waals surface area contributed by atoms with Gasteiger partial charge in [0.2, 0.25) is 0 Å². The molecule has 2 aromatic rings. The maximum absolute atomic E-state index is 12.1. The summed E-state index contributed by atoms with van der Waals surface area (Å²) in [5.74, 6) is 0.109. The zero-order chi connectivity index (χ0) is 20.5. The Morgan fingerprint density at radius 2 is 1.83 bits per heavy atom. The minimum atomic E-state index is -0.558. The molecule has 152 valence electrons. The Morgan fingerprint density at radius 1 is 1.07 bits per heavy atom. The highest BCUT2D eigenvalue weighted by Gasteiger charge is 2.25. The highest BCUT2D eigenvalue weighted by atomic mass is 16.5. The molecular formula is C21H22N2O6. The number of rotatable bonds is 9. The molecule has 0 spiro atoms. The van der Waals surface area contributed by atoms with Crippen LogP contribution >= 0.6 is 0 Å². The number of carbonyl (C=O) groups excluding carboxylic acids is 3. The average molecular weight is 398 g/mol. The molecule has 0 saturated carbocycles. The smallest absolute Gasteiger partial charge is 0.308 e. The molecular weight excluding hydrogens is 376 g/mol. The SMILES string of the molecule is O=C(COC(=O)CCN1C(=O)COc2ccccc21)NCCOc1ccccc1. The molecule has 1 aliphatic rings. The Balaban J connectivity index is 1.33. The van der Waals surface area contributed by atoms with Gasteiger partial charge in [-0.05, 0) is 24.3 Å². The summed E-state index contributed by atoms with van der Waals surface area (Å²) in [6, 6.07) is 16.4. The molecule has 0 saturated heterocycles. The van der Waals surface area contributed by atoms with Gasteiger partial charge in [-0.15, -0.1) is 0 Å². The Kier molecular flexibility index (Phi) is 7.05. The van der Waals surface area contributed by atoms with Crippen LogP contribution in [0.2, 0.25) is 0 Å². The largest absolute Gasteiger partial charge is 0.492 e. The van der Waals surface area contributed by atoms with E-state index in [2.05, 4.69) is 5.32 Å². The van der Waals surface area contributed by atoms with E-state index in [9.17, 15) is 14.4 Å². The summed E-state index contributed by atoms with van der Waals surface area (Å²) >= 11 is 0. The summed E-state index contributed by atoms with van der Waals surface area (Å²) < 4.78 is 15.8. The number of benzene rings is 2. The third-order valence-corrected chi connectivity index (χ3v) is 4.15. The maximum atomic E-state index is 12.1. The first-order valence-electron chi connectivity index (χ1n) is 9.26. The highest BCUT2D eigenvalue weighted by Crippen LogP contribution is 2.31. The maximum Gasteiger partial charge on any atom is 0.308 e. The van der Waals surface area contributed by atoms with Gasteiger partial charge in [-0.25, -0.2) is 0 Å². The first-order valence-corrected chi connectivity index (χ1v) is 9.26. The minimum absolute atomic E-state index is 0.0233. The number of nitrogens with zero attached hydrogens (tertiary/aromatic N) is 1. The number of esters is 1. The first kappa shape index (κ1) is 20.2. The van der Waals surface area contributed by atoms with Crippen LogP contribution in [0.5, 0.6) is 11.5 Å². The lowest BCUT2D eigenvalue weighted by molar-refractivity contribution is -0.148. The van der Waals surface area contributed by atoms with Crippen molar-refractivity contribution in [3.63, 3.8) is 0 Å². The quantitative estimate of drug-likeness (QED) is 0.509. The normalized spacial score (nSPS) is 12.6. The van der Waals surface area contributed by atoms with E-state index >= 15 is 0 Å². The Bertz CT molecular complexity index is 855. The van der Waals surface area contributed by atoms with Crippen molar-refractivity contribution >= 4 is 23.5 Å². The molecule has 2 aromatic carbocycles. The molecule has 0 bridgehead atoms. The molecule has 1 N–H and O–H groups in total. The van der Waals surface area contributed by atoms with Gasteiger partial charge in [0.1, 0.15) is 18.1 Å². The molecule has 0 aromatic heterocycles. The lowest BCUT2D eigenvalue weighted by Gasteiger charge is -2.28. The van der Waals surface area contributed by atoms with Crippen molar-refractivity contribution in [3.05, 3.63) is 54.6 Å². The fraction of sp³-hybridized carbons (Fsp3) is 0.286. The van der Waals surface area contributed by atoms with E-state index < -0.39 is 11.9 Å². The number of hydrogen-bond donors (Lipinski definition) is 1. The van der Waals surface area contributed by atoms with Gasteiger partial charge >= 0.3 is 5.97 Å². The van der Waals surface area contributed by atoms with Crippen LogP contribution in [0.25, 0.3) is 0 Å². The van der Waals surface area contributed by atoms with Crippen molar-refractivity contribution in [2.75, 3.05) is 37.8 Å². The van der Waals surface area contributed by atoms with Crippen LogP contribution in [-0.2, 0) is 19.1 Å². The summed E-state index contributed by atoms with van der Waals surface area (Å²) in [5, 5.41) is 2.61. The molecule has 0 unspecified atom stereocenters. The molecule has 0 radical (unpaired) electrons. The summed E-state index contributed by atoms with van der Waals surface area (Å²) in [6.07, 6.45) is -0.0233. The number of ether oxygens (including phenoxy) is 3. The van der Waals surface area contributed by atoms with E-state index in [4.69, 9.17) is 14.2 Å². The van der Waals surface area contributed by atoms with Crippen LogP contribution in [0, 0.1) is 0 Å². The number of hydrogen-bond acceptors (Lipinski definition) is 6. The topological polar surface area (TPSA) is 94.2 Å². The van der Waals surface area contributed by atoms with E-state index in [1.165, 1.54) is 4.90 Å². The van der Waals surface area contributed by atoms with Crippen molar-refractivity contribution in [1.29, 1.82) is 0 Å². The van der Waals surface area contributed by atoms with Gasteiger partial charge in [0.15, 0.2) is 13.2 Å². The summed E-state index contributed by atoms with van der Waals surface area (Å²) in [7, 11) is 0. The van der Waals surface area contributed by atoms with Crippen LogP contribution in [-0.4, -0.2) is 50.7 Å². The number of fused-ring (bicyclic) bond motifs is 1. The standard InChI is InChI=1S/C21H22N2O6/c24-19(22-11-13-27-16-6-2-1-3-7-16)14-29-21(26)10-12-23-17-8-4-5-9-18(17)28-15-20(23)25/h1-9H,10-15H2,(H,22,24). The number of nitrogens with one attached hydrogen (secondary N) is 1. The molecule has 2 amide bonds. The second-order valence-electron chi connectivity index (χ2n) is 6.22. The fourth-order valence-electron chi connectivity index (χ4n) is 2.75. The first-order chi connectivity index (χ1) is 14.1. The van der Waals surface area contributed by atoms with Gasteiger partial charge in [-0.2, -0.15) is 0 Å². The van der Waals surface area contributed by atoms with Gasteiger partial charge < -0.3 is 24.4 Å². The Hall–Kier alpha value is -3.55. The molecule has 29 heavy (non-hydrogen) atoms. The minimum Gasteiger partial charge on any atom is -0.492 e. The van der Waals surface area contributed by atoms with Gasteiger partial charge in [-0.3, -0.25) is 14.4 Å². The molecule has 0 aliphatic carbocycles. The van der Waals surface area contributed by atoms with Gasteiger partial charge in [0, 0.05) is 6.54 Å². The lowest BCUT2D eigenvalue weighted by Crippen LogP contribution is -2.40. The number of carbonyl (C=O) groups is 3. The molecule has 8 nitrogen and oxygen atoms in total. The van der Waals surface area contributed by atoms with Crippen molar-refractivity contribution in [2.24, 2.45) is 0 Å². The van der Waals surface area contributed by atoms with Crippen molar-refractivity contribution in [1.82, 2.24) is 5.32 Å². The third-order valence-electron chi connectivity index (χ3n) is 4.15. The third kappa shape index (κ3) is 5.97. The van der Waals surface area contributed by atoms with E-state index in [-0.39, 0.29) is 32.1 Å². The molecule has 3 rings (SSSR count). The number of amides is 2. The molecule has 8 heteroatoms. The van der Waals surface area contributed by atoms with E-state index in [0.29, 0.717) is 30.3 Å². The van der Waals surface area contributed by atoms with Crippen LogP contribution < -0.4 is 19.7 Å². The summed E-state index contributed by atoms with van der Waals surface area (Å²) in [5.41, 5.74) is 0.618. The predicted octanol–water partition coefficient (Wildman–Crippen LogP) is 1.54. The highest BCUT2D eigenvalue weighted by molar-refractivity contribution is 5.98. The molecule has 1 heterocycles. The zero-order valence-electron chi connectivity index (χ0n) is 15.8. The monoisotopic (exact) mass is 398 g/mol.